The molecule has 0 spiro atoms. The van der Waals surface area contributed by atoms with Gasteiger partial charge in [-0.2, -0.15) is 0 Å². The first-order chi connectivity index (χ1) is 14.0. The minimum Gasteiger partial charge on any atom is -0.0850 e. The third kappa shape index (κ3) is 2.58. The summed E-state index contributed by atoms with van der Waals surface area (Å²) in [4.78, 5) is 0. The fraction of sp³-hybridized carbons (Fsp3) is 0.867. The van der Waals surface area contributed by atoms with Crippen LogP contribution >= 0.6 is 0 Å². The van der Waals surface area contributed by atoms with Gasteiger partial charge in [-0.1, -0.05) is 57.4 Å². The van der Waals surface area contributed by atoms with E-state index in [2.05, 4.69) is 61.5 Å². The Bertz CT molecular complexity index is 789. The molecule has 0 radical (unpaired) electrons. The van der Waals surface area contributed by atoms with Gasteiger partial charge in [0.05, 0.1) is 0 Å². The molecule has 0 aromatic heterocycles. The smallest absolute Gasteiger partial charge is 0.0138 e. The van der Waals surface area contributed by atoms with Gasteiger partial charge >= 0.3 is 0 Å². The van der Waals surface area contributed by atoms with Gasteiger partial charge in [0.15, 0.2) is 0 Å². The summed E-state index contributed by atoms with van der Waals surface area (Å²) in [5.41, 5.74) is 7.94. The van der Waals surface area contributed by atoms with E-state index in [4.69, 9.17) is 0 Å². The van der Waals surface area contributed by atoms with Crippen molar-refractivity contribution in [1.82, 2.24) is 0 Å². The van der Waals surface area contributed by atoms with Gasteiger partial charge in [-0.05, 0) is 130 Å². The van der Waals surface area contributed by atoms with Gasteiger partial charge in [0, 0.05) is 0 Å². The molecule has 5 fully saturated rings. The molecular formula is C30H48. The lowest BCUT2D eigenvalue weighted by atomic mass is 9.59. The fourth-order valence-electron chi connectivity index (χ4n) is 10.4. The summed E-state index contributed by atoms with van der Waals surface area (Å²) in [7, 11) is 0. The highest BCUT2D eigenvalue weighted by Gasteiger charge is 2.66. The molecule has 30 heavy (non-hydrogen) atoms. The van der Waals surface area contributed by atoms with Gasteiger partial charge < -0.3 is 0 Å². The number of fused-ring (bicyclic) bond motifs is 3. The number of rotatable bonds is 1. The lowest BCUT2D eigenvalue weighted by Gasteiger charge is -2.45. The van der Waals surface area contributed by atoms with E-state index in [-0.39, 0.29) is 0 Å². The van der Waals surface area contributed by atoms with Crippen molar-refractivity contribution in [3.63, 3.8) is 0 Å². The number of hydrogen-bond donors (Lipinski definition) is 0. The Hall–Kier alpha value is -0.520. The minimum atomic E-state index is 0.666. The summed E-state index contributed by atoms with van der Waals surface area (Å²) in [6.07, 6.45) is 15.8. The summed E-state index contributed by atoms with van der Waals surface area (Å²) in [5.74, 6) is 4.69. The summed E-state index contributed by atoms with van der Waals surface area (Å²) < 4.78 is 0. The van der Waals surface area contributed by atoms with Crippen molar-refractivity contribution in [3.05, 3.63) is 22.8 Å². The van der Waals surface area contributed by atoms with Crippen LogP contribution in [-0.4, -0.2) is 0 Å². The molecule has 0 heteroatoms. The third-order valence-corrected chi connectivity index (χ3v) is 12.2. The summed E-state index contributed by atoms with van der Waals surface area (Å²) in [6.45, 7) is 19.7. The largest absolute Gasteiger partial charge is 0.0850 e. The molecule has 5 saturated carbocycles. The van der Waals surface area contributed by atoms with Crippen LogP contribution in [0.1, 0.15) is 113 Å². The Morgan fingerprint density at radius 2 is 1.47 bits per heavy atom. The first-order valence-electron chi connectivity index (χ1n) is 13.3. The van der Waals surface area contributed by atoms with Crippen LogP contribution < -0.4 is 0 Å². The van der Waals surface area contributed by atoms with Crippen LogP contribution in [0, 0.1) is 51.2 Å². The van der Waals surface area contributed by atoms with Crippen LogP contribution in [0.3, 0.4) is 0 Å². The van der Waals surface area contributed by atoms with E-state index in [0.717, 1.165) is 29.6 Å². The average Bonchev–Trinajstić information content (AvgIpc) is 3.12. The van der Waals surface area contributed by atoms with Crippen LogP contribution in [0.25, 0.3) is 0 Å². The standard InChI is InChI=1S/2C15H24/c1-10(2)13-11-5-6-14(3)7-8-15(11,4)9-12(13)14;1-10(2)15-8-7-14(4)9-12(15)11(3)5-6-13(14)15/h11-12H,5-9H2,1-4H3;5,10,12-13H,6-9H2,1-4H3. The highest BCUT2D eigenvalue weighted by Crippen LogP contribution is 2.74. The molecule has 0 aromatic carbocycles. The zero-order valence-electron chi connectivity index (χ0n) is 21.3. The van der Waals surface area contributed by atoms with Crippen molar-refractivity contribution < 1.29 is 0 Å². The lowest BCUT2D eigenvalue weighted by Crippen LogP contribution is -2.38. The SMILES string of the molecule is CC(C)=C1C2CC3(C)CCC2(C)CCC13.CC1=CCC2C3(C)CCC2(C(C)C)C1C3. The fourth-order valence-corrected chi connectivity index (χ4v) is 10.4. The van der Waals surface area contributed by atoms with Crippen LogP contribution in [0.2, 0.25) is 0 Å². The molecule has 0 aromatic rings. The maximum absolute atomic E-state index is 2.56. The van der Waals surface area contributed by atoms with E-state index < -0.39 is 0 Å². The summed E-state index contributed by atoms with van der Waals surface area (Å²) in [6, 6.07) is 0. The monoisotopic (exact) mass is 408 g/mol. The van der Waals surface area contributed by atoms with E-state index in [9.17, 15) is 0 Å². The van der Waals surface area contributed by atoms with Gasteiger partial charge in [-0.15, -0.1) is 0 Å². The van der Waals surface area contributed by atoms with Crippen molar-refractivity contribution in [3.8, 4) is 0 Å². The molecule has 0 aliphatic heterocycles. The Kier molecular flexibility index (Phi) is 4.63. The van der Waals surface area contributed by atoms with Crippen molar-refractivity contribution in [2.75, 3.05) is 0 Å². The van der Waals surface area contributed by atoms with Crippen molar-refractivity contribution in [2.24, 2.45) is 51.2 Å². The molecule has 6 aliphatic rings. The first-order valence-corrected chi connectivity index (χ1v) is 13.3. The highest BCUT2D eigenvalue weighted by atomic mass is 14.7. The first kappa shape index (κ1) is 21.3. The maximum Gasteiger partial charge on any atom is -0.0138 e. The highest BCUT2D eigenvalue weighted by molar-refractivity contribution is 5.32. The quantitative estimate of drug-likeness (QED) is 0.380. The van der Waals surface area contributed by atoms with E-state index >= 15 is 0 Å². The maximum atomic E-state index is 2.56. The van der Waals surface area contributed by atoms with Gasteiger partial charge in [0.1, 0.15) is 0 Å². The van der Waals surface area contributed by atoms with E-state index in [1.807, 2.05) is 5.57 Å². The predicted molar refractivity (Wildman–Crippen MR) is 129 cm³/mol. The van der Waals surface area contributed by atoms with Crippen LogP contribution in [0.4, 0.5) is 0 Å². The van der Waals surface area contributed by atoms with Crippen molar-refractivity contribution in [1.29, 1.82) is 0 Å². The molecule has 6 rings (SSSR count). The molecule has 168 valence electrons. The lowest BCUT2D eigenvalue weighted by molar-refractivity contribution is 0.0827. The zero-order chi connectivity index (χ0) is 21.7. The Morgan fingerprint density at radius 3 is 2.10 bits per heavy atom. The van der Waals surface area contributed by atoms with Gasteiger partial charge in [0.25, 0.3) is 0 Å². The molecule has 0 N–H and O–H groups in total. The molecule has 8 atom stereocenters. The van der Waals surface area contributed by atoms with Crippen LogP contribution in [-0.2, 0) is 0 Å². The van der Waals surface area contributed by atoms with Gasteiger partial charge in [-0.25, -0.2) is 0 Å². The molecule has 8 unspecified atom stereocenters. The third-order valence-electron chi connectivity index (χ3n) is 12.2. The van der Waals surface area contributed by atoms with Gasteiger partial charge in [0.2, 0.25) is 0 Å². The normalized spacial score (nSPS) is 52.4. The summed E-state index contributed by atoms with van der Waals surface area (Å²) in [5, 5.41) is 0. The molecule has 0 amide bonds. The van der Waals surface area contributed by atoms with Crippen molar-refractivity contribution in [2.45, 2.75) is 113 Å². The van der Waals surface area contributed by atoms with Gasteiger partial charge in [-0.3, -0.25) is 0 Å². The van der Waals surface area contributed by atoms with Crippen LogP contribution in [0.5, 0.6) is 0 Å². The predicted octanol–water partition coefficient (Wildman–Crippen LogP) is 8.97. The van der Waals surface area contributed by atoms with E-state index in [1.54, 1.807) is 11.1 Å². The molecule has 7 bridgehead atoms. The minimum absolute atomic E-state index is 0.666. The topological polar surface area (TPSA) is 0 Å². The van der Waals surface area contributed by atoms with E-state index in [0.29, 0.717) is 21.7 Å². The van der Waals surface area contributed by atoms with Crippen LogP contribution in [0.15, 0.2) is 22.8 Å². The number of allylic oxidation sites excluding steroid dienone is 4. The Labute approximate surface area is 187 Å². The number of hydrogen-bond acceptors (Lipinski definition) is 0. The molecule has 0 nitrogen and oxygen atoms in total. The average molecular weight is 409 g/mol. The second-order valence-corrected chi connectivity index (χ2v) is 14.0. The zero-order valence-corrected chi connectivity index (χ0v) is 21.3. The van der Waals surface area contributed by atoms with E-state index in [1.165, 1.54) is 57.8 Å². The molecular weight excluding hydrogens is 360 g/mol. The Balaban J connectivity index is 0.000000128. The second kappa shape index (κ2) is 6.51. The second-order valence-electron chi connectivity index (χ2n) is 14.0. The van der Waals surface area contributed by atoms with Crippen molar-refractivity contribution >= 4 is 0 Å². The summed E-state index contributed by atoms with van der Waals surface area (Å²) >= 11 is 0. The molecule has 6 aliphatic carbocycles. The Morgan fingerprint density at radius 1 is 0.833 bits per heavy atom. The molecule has 0 heterocycles. The molecule has 0 saturated heterocycles.